The van der Waals surface area contributed by atoms with E-state index in [-0.39, 0.29) is 5.91 Å². The highest BCUT2D eigenvalue weighted by Gasteiger charge is 2.39. The zero-order valence-corrected chi connectivity index (χ0v) is 13.3. The molecule has 1 amide bonds. The van der Waals surface area contributed by atoms with E-state index in [0.717, 1.165) is 36.5 Å². The van der Waals surface area contributed by atoms with Crippen molar-refractivity contribution in [1.29, 1.82) is 0 Å². The van der Waals surface area contributed by atoms with Gasteiger partial charge in [-0.2, -0.15) is 0 Å². The largest absolute Gasteiger partial charge is 0.382 e. The predicted molar refractivity (Wildman–Crippen MR) is 86.6 cm³/mol. The molecule has 0 saturated heterocycles. The maximum Gasteiger partial charge on any atom is 0.265 e. The zero-order chi connectivity index (χ0) is 14.8. The lowest BCUT2D eigenvalue weighted by atomic mass is 9.89. The van der Waals surface area contributed by atoms with Crippen molar-refractivity contribution in [2.75, 3.05) is 24.1 Å². The van der Waals surface area contributed by atoms with Gasteiger partial charge in [0, 0.05) is 13.1 Å². The number of nitrogens with zero attached hydrogens (tertiary/aromatic N) is 1. The van der Waals surface area contributed by atoms with Gasteiger partial charge in [-0.15, -0.1) is 0 Å². The van der Waals surface area contributed by atoms with Crippen LogP contribution in [0.5, 0.6) is 0 Å². The van der Waals surface area contributed by atoms with Gasteiger partial charge < -0.3 is 16.4 Å². The van der Waals surface area contributed by atoms with Crippen LogP contribution in [0, 0.1) is 17.8 Å². The van der Waals surface area contributed by atoms with E-state index in [1.165, 1.54) is 37.0 Å². The molecule has 2 aliphatic carbocycles. The molecule has 0 spiro atoms. The van der Waals surface area contributed by atoms with Crippen LogP contribution in [0.25, 0.3) is 0 Å². The van der Waals surface area contributed by atoms with Gasteiger partial charge in [-0.3, -0.25) is 4.79 Å². The van der Waals surface area contributed by atoms with Crippen LogP contribution in [0.2, 0.25) is 0 Å². The minimum Gasteiger partial charge on any atom is -0.382 e. The van der Waals surface area contributed by atoms with E-state index in [4.69, 9.17) is 5.73 Å². The van der Waals surface area contributed by atoms with Crippen LogP contribution in [0.3, 0.4) is 0 Å². The quantitative estimate of drug-likeness (QED) is 0.755. The van der Waals surface area contributed by atoms with Gasteiger partial charge in [0.25, 0.3) is 5.91 Å². The van der Waals surface area contributed by atoms with Crippen molar-refractivity contribution >= 4 is 28.2 Å². The van der Waals surface area contributed by atoms with Crippen molar-refractivity contribution in [3.05, 3.63) is 4.88 Å². The third-order valence-electron chi connectivity index (χ3n) is 4.80. The van der Waals surface area contributed by atoms with Gasteiger partial charge in [0.1, 0.15) is 10.7 Å². The second-order valence-electron chi connectivity index (χ2n) is 6.31. The summed E-state index contributed by atoms with van der Waals surface area (Å²) in [7, 11) is 0. The average Bonchev–Trinajstić information content (AvgIpc) is 3.17. The number of carbonyl (C=O) groups excluding carboxylic acids is 1. The number of nitrogens with two attached hydrogens (primary N) is 1. The summed E-state index contributed by atoms with van der Waals surface area (Å²) in [5, 5.41) is 6.97. The number of hydrogen-bond acceptors (Lipinski definition) is 5. The van der Waals surface area contributed by atoms with Crippen molar-refractivity contribution in [2.45, 2.75) is 39.0 Å². The Balaban J connectivity index is 1.54. The summed E-state index contributed by atoms with van der Waals surface area (Å²) in [6.45, 7) is 3.72. The molecule has 1 aromatic rings. The van der Waals surface area contributed by atoms with Gasteiger partial charge in [0.15, 0.2) is 5.13 Å². The minimum absolute atomic E-state index is 0.0719. The van der Waals surface area contributed by atoms with Crippen LogP contribution in [0.1, 0.15) is 48.7 Å². The third-order valence-corrected chi connectivity index (χ3v) is 5.82. The first-order valence-corrected chi connectivity index (χ1v) is 8.77. The molecule has 2 fully saturated rings. The second-order valence-corrected chi connectivity index (χ2v) is 7.30. The molecule has 3 atom stereocenters. The number of nitrogen functional groups attached to an aromatic ring is 1. The van der Waals surface area contributed by atoms with Crippen LogP contribution in [-0.2, 0) is 0 Å². The Morgan fingerprint density at radius 2 is 2.29 bits per heavy atom. The Labute approximate surface area is 129 Å². The maximum absolute atomic E-state index is 12.3. The molecule has 116 valence electrons. The summed E-state index contributed by atoms with van der Waals surface area (Å²) in [5.41, 5.74) is 5.86. The first-order chi connectivity index (χ1) is 10.2. The van der Waals surface area contributed by atoms with E-state index in [0.29, 0.717) is 16.6 Å². The highest BCUT2D eigenvalue weighted by molar-refractivity contribution is 7.18. The molecular formula is C15H24N4OS. The third kappa shape index (κ3) is 3.15. The second kappa shape index (κ2) is 6.22. The van der Waals surface area contributed by atoms with E-state index in [1.807, 2.05) is 0 Å². The molecule has 0 radical (unpaired) electrons. The zero-order valence-electron chi connectivity index (χ0n) is 12.5. The highest BCUT2D eigenvalue weighted by atomic mass is 32.1. The minimum atomic E-state index is -0.0719. The van der Waals surface area contributed by atoms with Crippen LogP contribution in [-0.4, -0.2) is 24.0 Å². The van der Waals surface area contributed by atoms with Gasteiger partial charge in [0.05, 0.1) is 0 Å². The number of rotatable bonds is 6. The van der Waals surface area contributed by atoms with Gasteiger partial charge in [0.2, 0.25) is 0 Å². The summed E-state index contributed by atoms with van der Waals surface area (Å²) in [5.74, 6) is 2.67. The van der Waals surface area contributed by atoms with E-state index >= 15 is 0 Å². The molecule has 1 aromatic heterocycles. The van der Waals surface area contributed by atoms with Gasteiger partial charge in [-0.25, -0.2) is 4.98 Å². The van der Waals surface area contributed by atoms with Crippen LogP contribution < -0.4 is 16.4 Å². The number of amides is 1. The van der Waals surface area contributed by atoms with Gasteiger partial charge in [-0.1, -0.05) is 24.7 Å². The molecule has 0 aliphatic heterocycles. The molecule has 3 rings (SSSR count). The standard InChI is InChI=1S/C15H24N4OS/c1-2-5-17-15-19-13(16)12(21-15)14(20)18-8-11-7-9-3-4-10(11)6-9/h9-11H,2-8,16H2,1H3,(H,17,19)(H,18,20). The first-order valence-electron chi connectivity index (χ1n) is 7.95. The Kier molecular flexibility index (Phi) is 4.33. The van der Waals surface area contributed by atoms with Gasteiger partial charge in [-0.05, 0) is 43.4 Å². The number of hydrogen-bond donors (Lipinski definition) is 3. The number of carbonyl (C=O) groups is 1. The van der Waals surface area contributed by atoms with Crippen LogP contribution in [0.4, 0.5) is 10.9 Å². The first kappa shape index (κ1) is 14.6. The number of anilines is 2. The number of thiazole rings is 1. The summed E-state index contributed by atoms with van der Waals surface area (Å²) < 4.78 is 0. The smallest absolute Gasteiger partial charge is 0.265 e. The van der Waals surface area contributed by atoms with Crippen molar-refractivity contribution in [2.24, 2.45) is 17.8 Å². The molecule has 2 aliphatic rings. The Morgan fingerprint density at radius 3 is 2.95 bits per heavy atom. The fraction of sp³-hybridized carbons (Fsp3) is 0.733. The maximum atomic E-state index is 12.3. The molecule has 2 saturated carbocycles. The monoisotopic (exact) mass is 308 g/mol. The molecule has 0 aromatic carbocycles. The van der Waals surface area contributed by atoms with E-state index in [2.05, 4.69) is 22.5 Å². The summed E-state index contributed by atoms with van der Waals surface area (Å²) in [6, 6.07) is 0. The van der Waals surface area contributed by atoms with E-state index < -0.39 is 0 Å². The summed E-state index contributed by atoms with van der Waals surface area (Å²) in [4.78, 5) is 17.0. The number of aromatic nitrogens is 1. The molecule has 6 heteroatoms. The fourth-order valence-electron chi connectivity index (χ4n) is 3.73. The molecule has 1 heterocycles. The predicted octanol–water partition coefficient (Wildman–Crippen LogP) is 2.71. The number of fused-ring (bicyclic) bond motifs is 2. The van der Waals surface area contributed by atoms with E-state index in [9.17, 15) is 4.79 Å². The fourth-order valence-corrected chi connectivity index (χ4v) is 4.56. The van der Waals surface area contributed by atoms with E-state index in [1.54, 1.807) is 0 Å². The van der Waals surface area contributed by atoms with Gasteiger partial charge >= 0.3 is 0 Å². The summed E-state index contributed by atoms with van der Waals surface area (Å²) in [6.07, 6.45) is 6.41. The van der Waals surface area contributed by atoms with Crippen molar-refractivity contribution in [1.82, 2.24) is 10.3 Å². The number of nitrogens with one attached hydrogen (secondary N) is 2. The van der Waals surface area contributed by atoms with Crippen molar-refractivity contribution in [3.63, 3.8) is 0 Å². The van der Waals surface area contributed by atoms with Crippen LogP contribution in [0.15, 0.2) is 0 Å². The normalized spacial score (nSPS) is 27.0. The Bertz CT molecular complexity index is 516. The summed E-state index contributed by atoms with van der Waals surface area (Å²) >= 11 is 1.35. The average molecular weight is 308 g/mol. The Hall–Kier alpha value is -1.30. The van der Waals surface area contributed by atoms with Crippen molar-refractivity contribution in [3.8, 4) is 0 Å². The molecular weight excluding hydrogens is 284 g/mol. The van der Waals surface area contributed by atoms with Crippen molar-refractivity contribution < 1.29 is 4.79 Å². The molecule has 2 bridgehead atoms. The lowest BCUT2D eigenvalue weighted by Gasteiger charge is -2.21. The molecule has 21 heavy (non-hydrogen) atoms. The highest BCUT2D eigenvalue weighted by Crippen LogP contribution is 2.47. The topological polar surface area (TPSA) is 80.0 Å². The lowest BCUT2D eigenvalue weighted by molar-refractivity contribution is 0.0946. The lowest BCUT2D eigenvalue weighted by Crippen LogP contribution is -2.31. The molecule has 5 nitrogen and oxygen atoms in total. The molecule has 3 unspecified atom stereocenters. The molecule has 4 N–H and O–H groups in total. The van der Waals surface area contributed by atoms with Crippen LogP contribution >= 0.6 is 11.3 Å². The Morgan fingerprint density at radius 1 is 1.43 bits per heavy atom. The SMILES string of the molecule is CCCNc1nc(N)c(C(=O)NCC2CC3CCC2C3)s1.